The van der Waals surface area contributed by atoms with Crippen LogP contribution < -0.4 is 0 Å². The second kappa shape index (κ2) is 28.6. The molecule has 0 bridgehead atoms. The normalized spacial score (nSPS) is 14.3. The predicted molar refractivity (Wildman–Crippen MR) is 166 cm³/mol. The van der Waals surface area contributed by atoms with Crippen molar-refractivity contribution in [2.75, 3.05) is 19.7 Å². The first kappa shape index (κ1) is 38.1. The van der Waals surface area contributed by atoms with Crippen molar-refractivity contribution >= 4 is 7.82 Å². The van der Waals surface area contributed by atoms with Crippen LogP contribution in [0.1, 0.15) is 182 Å². The lowest BCUT2D eigenvalue weighted by molar-refractivity contribution is -0.0135. The maximum atomic E-state index is 13.0. The molecule has 0 aliphatic heterocycles. The number of unbranched alkanes of at least 4 members (excludes halogenated alkanes) is 19. The molecule has 6 heteroatoms. The molecule has 0 rings (SSSR count). The lowest BCUT2D eigenvalue weighted by Crippen LogP contribution is -2.38. The fraction of sp³-hybridized carbons (Fsp3) is 1.00. The predicted octanol–water partition coefficient (Wildman–Crippen LogP) is 11.2. The van der Waals surface area contributed by atoms with E-state index in [-0.39, 0.29) is 6.23 Å². The van der Waals surface area contributed by atoms with Crippen molar-refractivity contribution in [3.63, 3.8) is 0 Å². The zero-order valence-corrected chi connectivity index (χ0v) is 27.1. The molecule has 0 aliphatic rings. The molecule has 0 aromatic rings. The Morgan fingerprint density at radius 3 is 1.37 bits per heavy atom. The van der Waals surface area contributed by atoms with Crippen LogP contribution in [0.15, 0.2) is 0 Å². The zero-order chi connectivity index (χ0) is 28.2. The van der Waals surface area contributed by atoms with Gasteiger partial charge in [0.15, 0.2) is 0 Å². The summed E-state index contributed by atoms with van der Waals surface area (Å²) in [6, 6.07) is 0. The van der Waals surface area contributed by atoms with Crippen molar-refractivity contribution in [3.05, 3.63) is 0 Å². The van der Waals surface area contributed by atoms with Gasteiger partial charge in [-0.05, 0) is 32.1 Å². The maximum Gasteiger partial charge on any atom is 0.473 e. The SMILES string of the molecule is CCCCCCCCOP(=O)(O)OC(CCCCCCC)N(CCCCCCCC)CCCCCCCC. The Kier molecular flexibility index (Phi) is 28.6. The van der Waals surface area contributed by atoms with Crippen LogP contribution in [0.4, 0.5) is 0 Å². The first-order valence-electron chi connectivity index (χ1n) is 16.9. The van der Waals surface area contributed by atoms with E-state index in [1.165, 1.54) is 109 Å². The average molecular weight is 562 g/mol. The van der Waals surface area contributed by atoms with E-state index < -0.39 is 7.82 Å². The zero-order valence-electron chi connectivity index (χ0n) is 26.2. The molecule has 0 aromatic heterocycles. The molecule has 0 heterocycles. The third-order valence-electron chi connectivity index (χ3n) is 7.57. The maximum absolute atomic E-state index is 13.0. The number of nitrogens with zero attached hydrogens (tertiary/aromatic N) is 1. The average Bonchev–Trinajstić information content (AvgIpc) is 2.90. The summed E-state index contributed by atoms with van der Waals surface area (Å²) in [5, 5.41) is 0. The Bertz CT molecular complexity index is 504. The van der Waals surface area contributed by atoms with E-state index in [2.05, 4.69) is 32.6 Å². The van der Waals surface area contributed by atoms with E-state index in [4.69, 9.17) is 9.05 Å². The van der Waals surface area contributed by atoms with Gasteiger partial charge in [0.25, 0.3) is 0 Å². The van der Waals surface area contributed by atoms with E-state index in [1.54, 1.807) is 0 Å². The third kappa shape index (κ3) is 25.1. The minimum absolute atomic E-state index is 0.304. The minimum Gasteiger partial charge on any atom is -0.302 e. The van der Waals surface area contributed by atoms with Gasteiger partial charge in [-0.2, -0.15) is 0 Å². The molecule has 0 spiro atoms. The lowest BCUT2D eigenvalue weighted by Gasteiger charge is -2.32. The molecule has 0 aromatic carbocycles. The quantitative estimate of drug-likeness (QED) is 0.0518. The minimum atomic E-state index is -4.07. The largest absolute Gasteiger partial charge is 0.473 e. The van der Waals surface area contributed by atoms with Gasteiger partial charge in [0.05, 0.1) is 6.61 Å². The molecule has 0 fully saturated rings. The van der Waals surface area contributed by atoms with Gasteiger partial charge in [-0.15, -0.1) is 0 Å². The molecule has 0 amide bonds. The number of rotatable bonds is 31. The van der Waals surface area contributed by atoms with E-state index in [0.717, 1.165) is 58.0 Å². The smallest absolute Gasteiger partial charge is 0.302 e. The van der Waals surface area contributed by atoms with Gasteiger partial charge in [-0.1, -0.05) is 150 Å². The summed E-state index contributed by atoms with van der Waals surface area (Å²) in [5.41, 5.74) is 0. The highest BCUT2D eigenvalue weighted by Crippen LogP contribution is 2.46. The highest BCUT2D eigenvalue weighted by atomic mass is 31.2. The molecule has 2 atom stereocenters. The molecule has 0 aliphatic carbocycles. The first-order valence-corrected chi connectivity index (χ1v) is 18.4. The molecule has 0 saturated heterocycles. The highest BCUT2D eigenvalue weighted by Gasteiger charge is 2.30. The molecule has 5 nitrogen and oxygen atoms in total. The Labute approximate surface area is 238 Å². The summed E-state index contributed by atoms with van der Waals surface area (Å²) < 4.78 is 24.4. The fourth-order valence-electron chi connectivity index (χ4n) is 5.06. The number of phosphoric acid groups is 1. The van der Waals surface area contributed by atoms with Gasteiger partial charge in [0.2, 0.25) is 0 Å². The van der Waals surface area contributed by atoms with Crippen LogP contribution in [0.25, 0.3) is 0 Å². The van der Waals surface area contributed by atoms with Gasteiger partial charge in [-0.25, -0.2) is 4.57 Å². The van der Waals surface area contributed by atoms with Crippen LogP contribution in [0.3, 0.4) is 0 Å². The van der Waals surface area contributed by atoms with Gasteiger partial charge in [0, 0.05) is 13.1 Å². The van der Waals surface area contributed by atoms with Crippen molar-refractivity contribution in [2.24, 2.45) is 0 Å². The molecule has 230 valence electrons. The molecule has 0 saturated carbocycles. The highest BCUT2D eigenvalue weighted by molar-refractivity contribution is 7.47. The molecule has 38 heavy (non-hydrogen) atoms. The van der Waals surface area contributed by atoms with Crippen LogP contribution in [0, 0.1) is 0 Å². The molecule has 0 radical (unpaired) electrons. The van der Waals surface area contributed by atoms with Crippen LogP contribution >= 0.6 is 7.82 Å². The van der Waals surface area contributed by atoms with Gasteiger partial charge >= 0.3 is 7.82 Å². The summed E-state index contributed by atoms with van der Waals surface area (Å²) >= 11 is 0. The van der Waals surface area contributed by atoms with Crippen LogP contribution in [-0.2, 0) is 13.6 Å². The van der Waals surface area contributed by atoms with Crippen molar-refractivity contribution in [2.45, 2.75) is 188 Å². The number of hydrogen-bond donors (Lipinski definition) is 1. The first-order chi connectivity index (χ1) is 18.5. The number of hydrogen-bond acceptors (Lipinski definition) is 4. The van der Waals surface area contributed by atoms with Gasteiger partial charge in [0.1, 0.15) is 6.23 Å². The monoisotopic (exact) mass is 561 g/mol. The van der Waals surface area contributed by atoms with Gasteiger partial charge in [-0.3, -0.25) is 13.9 Å². The Hall–Kier alpha value is 0.0700. The van der Waals surface area contributed by atoms with E-state index in [9.17, 15) is 9.46 Å². The third-order valence-corrected chi connectivity index (χ3v) is 8.59. The topological polar surface area (TPSA) is 59.0 Å². The summed E-state index contributed by atoms with van der Waals surface area (Å²) in [7, 11) is -4.07. The molecular weight excluding hydrogens is 493 g/mol. The standard InChI is InChI=1S/C32H68NO4P/c1-5-9-13-17-21-25-29-33(30-26-22-18-14-10-6-2)32(28-24-20-16-12-8-4)37-38(34,35)36-31-27-23-19-15-11-7-3/h32H,5-31H2,1-4H3,(H,34,35). The van der Waals surface area contributed by atoms with Crippen LogP contribution in [0.2, 0.25) is 0 Å². The van der Waals surface area contributed by atoms with Crippen LogP contribution in [-0.4, -0.2) is 35.7 Å². The van der Waals surface area contributed by atoms with Crippen molar-refractivity contribution in [3.8, 4) is 0 Å². The number of phosphoric ester groups is 1. The molecule has 1 N–H and O–H groups in total. The van der Waals surface area contributed by atoms with Gasteiger partial charge < -0.3 is 4.89 Å². The molecule has 2 unspecified atom stereocenters. The van der Waals surface area contributed by atoms with E-state index in [1.807, 2.05) is 0 Å². The summed E-state index contributed by atoms with van der Waals surface area (Å²) in [4.78, 5) is 13.0. The summed E-state index contributed by atoms with van der Waals surface area (Å²) in [6.07, 6.45) is 28.2. The van der Waals surface area contributed by atoms with Crippen molar-refractivity contribution in [1.82, 2.24) is 4.90 Å². The Morgan fingerprint density at radius 1 is 0.553 bits per heavy atom. The van der Waals surface area contributed by atoms with Crippen molar-refractivity contribution < 1.29 is 18.5 Å². The second-order valence-electron chi connectivity index (χ2n) is 11.4. The lowest BCUT2D eigenvalue weighted by atomic mass is 10.1. The van der Waals surface area contributed by atoms with E-state index >= 15 is 0 Å². The van der Waals surface area contributed by atoms with Crippen molar-refractivity contribution in [1.29, 1.82) is 0 Å². The second-order valence-corrected chi connectivity index (χ2v) is 12.8. The van der Waals surface area contributed by atoms with Crippen LogP contribution in [0.5, 0.6) is 0 Å². The fourth-order valence-corrected chi connectivity index (χ4v) is 6.03. The summed E-state index contributed by atoms with van der Waals surface area (Å²) in [6.45, 7) is 11.1. The Morgan fingerprint density at radius 2 is 0.921 bits per heavy atom. The van der Waals surface area contributed by atoms with E-state index in [0.29, 0.717) is 6.61 Å². The Balaban J connectivity index is 5.00. The summed E-state index contributed by atoms with van der Waals surface area (Å²) in [5.74, 6) is 0. The molecular formula is C32H68NO4P.